The number of pyridine rings is 3. The van der Waals surface area contributed by atoms with E-state index in [4.69, 9.17) is 0 Å². The third-order valence-electron chi connectivity index (χ3n) is 5.98. The monoisotopic (exact) mass is 520 g/mol. The Hall–Kier alpha value is -3.50. The fourth-order valence-electron chi connectivity index (χ4n) is 4.20. The molecule has 4 aromatic heterocycles. The third-order valence-corrected chi connectivity index (χ3v) is 6.98. The van der Waals surface area contributed by atoms with Crippen molar-refractivity contribution >= 4 is 10.9 Å². The summed E-state index contributed by atoms with van der Waals surface area (Å²) < 4.78 is 6.34. The van der Waals surface area contributed by atoms with Gasteiger partial charge in [0.15, 0.2) is 0 Å². The first kappa shape index (κ1) is 21.3. The van der Waals surface area contributed by atoms with E-state index in [0.29, 0.717) is 16.8 Å². The summed E-state index contributed by atoms with van der Waals surface area (Å²) in [5, 5.41) is 0.797. The molecule has 0 fully saturated rings. The first-order chi connectivity index (χ1) is 15.8. The molecule has 0 aliphatic carbocycles. The van der Waals surface area contributed by atoms with Crippen LogP contribution in [0.3, 0.4) is 0 Å². The molecule has 164 valence electrons. The Balaban J connectivity index is 1.86. The SMILES string of the molecule is Cn1cc(-c2ccccc2)c(-c2cn(C)c(=O)c3[nH]c(-c4cccn(C)c4=O)cc23)c[c]1=[Mo]. The molecular formula is C26H22MoN4O2. The van der Waals surface area contributed by atoms with Crippen molar-refractivity contribution in [3.05, 3.63) is 97.6 Å². The van der Waals surface area contributed by atoms with Gasteiger partial charge in [0.2, 0.25) is 0 Å². The number of nitrogens with zero attached hydrogens (tertiary/aromatic N) is 3. The Morgan fingerprint density at radius 3 is 2.21 bits per heavy atom. The first-order valence-electron chi connectivity index (χ1n) is 10.5. The number of H-pyrrole nitrogens is 1. The molecule has 5 aromatic rings. The zero-order valence-electron chi connectivity index (χ0n) is 18.5. The zero-order valence-corrected chi connectivity index (χ0v) is 20.5. The standard InChI is InChI=1S/C26H22N4O2.Mo/c1-28-13-11-18(21(15-28)17-8-5-4-6-9-17)22-16-30(3)26(32)24-20(22)14-23(27-24)19-10-7-12-29(2)25(19)31;/h4-12,14-16,27H,1-3H3;. The molecule has 0 saturated heterocycles. The second kappa shape index (κ2) is 8.13. The van der Waals surface area contributed by atoms with Crippen molar-refractivity contribution in [3.63, 3.8) is 0 Å². The van der Waals surface area contributed by atoms with Gasteiger partial charge in [0.05, 0.1) is 0 Å². The Morgan fingerprint density at radius 1 is 0.727 bits per heavy atom. The quantitative estimate of drug-likeness (QED) is 0.368. The van der Waals surface area contributed by atoms with Crippen LogP contribution in [-0.2, 0) is 40.5 Å². The number of hydrogen-bond acceptors (Lipinski definition) is 2. The summed E-state index contributed by atoms with van der Waals surface area (Å²) >= 11 is 1.98. The molecule has 5 rings (SSSR count). The van der Waals surface area contributed by atoms with Gasteiger partial charge in [-0.25, -0.2) is 0 Å². The van der Waals surface area contributed by atoms with E-state index in [0.717, 1.165) is 31.3 Å². The topological polar surface area (TPSA) is 64.7 Å². The summed E-state index contributed by atoms with van der Waals surface area (Å²) in [6.45, 7) is 0. The Morgan fingerprint density at radius 2 is 1.45 bits per heavy atom. The summed E-state index contributed by atoms with van der Waals surface area (Å²) in [5.41, 5.74) is 5.55. The van der Waals surface area contributed by atoms with E-state index in [-0.39, 0.29) is 11.1 Å². The van der Waals surface area contributed by atoms with Crippen LogP contribution in [0.4, 0.5) is 0 Å². The Kier molecular flexibility index (Phi) is 5.26. The minimum absolute atomic E-state index is 0.115. The van der Waals surface area contributed by atoms with Crippen LogP contribution >= 0.6 is 0 Å². The minimum atomic E-state index is -0.132. The fourth-order valence-corrected chi connectivity index (χ4v) is 4.62. The van der Waals surface area contributed by atoms with Gasteiger partial charge >= 0.3 is 201 Å². The summed E-state index contributed by atoms with van der Waals surface area (Å²) in [6.07, 6.45) is 5.73. The second-order valence-electron chi connectivity index (χ2n) is 8.18. The van der Waals surface area contributed by atoms with E-state index in [1.54, 1.807) is 30.9 Å². The second-order valence-corrected chi connectivity index (χ2v) is 9.21. The van der Waals surface area contributed by atoms with Crippen LogP contribution in [0.2, 0.25) is 0 Å². The molecule has 0 saturated carbocycles. The number of benzene rings is 1. The van der Waals surface area contributed by atoms with Crippen LogP contribution in [0.1, 0.15) is 0 Å². The van der Waals surface area contributed by atoms with Gasteiger partial charge in [-0.15, -0.1) is 0 Å². The maximum absolute atomic E-state index is 13.0. The number of fused-ring (bicyclic) bond motifs is 1. The molecule has 6 nitrogen and oxygen atoms in total. The van der Waals surface area contributed by atoms with Crippen molar-refractivity contribution in [2.24, 2.45) is 21.1 Å². The van der Waals surface area contributed by atoms with Crippen molar-refractivity contribution in [1.82, 2.24) is 18.7 Å². The number of hydrogen-bond donors (Lipinski definition) is 1. The average molecular weight is 518 g/mol. The first-order valence-corrected chi connectivity index (χ1v) is 11.5. The van der Waals surface area contributed by atoms with Crippen LogP contribution in [0.25, 0.3) is 44.4 Å². The van der Waals surface area contributed by atoms with E-state index in [2.05, 4.69) is 33.9 Å². The van der Waals surface area contributed by atoms with Crippen LogP contribution < -0.4 is 11.1 Å². The van der Waals surface area contributed by atoms with Gasteiger partial charge in [0, 0.05) is 0 Å². The Labute approximate surface area is 200 Å². The van der Waals surface area contributed by atoms with E-state index in [9.17, 15) is 9.59 Å². The fraction of sp³-hybridized carbons (Fsp3) is 0.115. The molecule has 4 heterocycles. The van der Waals surface area contributed by atoms with Crippen molar-refractivity contribution in [3.8, 4) is 33.5 Å². The van der Waals surface area contributed by atoms with E-state index < -0.39 is 0 Å². The molecule has 0 aliphatic rings. The molecule has 0 radical (unpaired) electrons. The molecule has 0 atom stereocenters. The van der Waals surface area contributed by atoms with Gasteiger partial charge in [-0.3, -0.25) is 0 Å². The number of nitrogens with one attached hydrogen (secondary N) is 1. The van der Waals surface area contributed by atoms with Gasteiger partial charge in [-0.05, 0) is 0 Å². The van der Waals surface area contributed by atoms with Gasteiger partial charge < -0.3 is 0 Å². The zero-order chi connectivity index (χ0) is 23.3. The maximum atomic E-state index is 13.0. The van der Waals surface area contributed by atoms with Crippen LogP contribution in [-0.4, -0.2) is 18.7 Å². The van der Waals surface area contributed by atoms with Crippen molar-refractivity contribution < 1.29 is 19.4 Å². The molecular weight excluding hydrogens is 496 g/mol. The third kappa shape index (κ3) is 3.61. The average Bonchev–Trinajstić information content (AvgIpc) is 3.26. The summed E-state index contributed by atoms with van der Waals surface area (Å²) in [6, 6.07) is 17.9. The van der Waals surface area contributed by atoms with E-state index >= 15 is 0 Å². The molecule has 1 aromatic carbocycles. The Bertz CT molecular complexity index is 1710. The molecule has 1 N–H and O–H groups in total. The van der Waals surface area contributed by atoms with Crippen LogP contribution in [0, 0.1) is 3.67 Å². The normalized spacial score (nSPS) is 11.2. The molecule has 0 unspecified atom stereocenters. The number of aromatic amines is 1. The van der Waals surface area contributed by atoms with Gasteiger partial charge in [-0.1, -0.05) is 0 Å². The van der Waals surface area contributed by atoms with Gasteiger partial charge in [0.1, 0.15) is 0 Å². The van der Waals surface area contributed by atoms with Crippen LogP contribution in [0.15, 0.2) is 82.8 Å². The number of aryl methyl sites for hydroxylation is 3. The molecule has 7 heteroatoms. The molecule has 33 heavy (non-hydrogen) atoms. The van der Waals surface area contributed by atoms with Gasteiger partial charge in [0.25, 0.3) is 0 Å². The molecule has 0 bridgehead atoms. The predicted octanol–water partition coefficient (Wildman–Crippen LogP) is 3.98. The van der Waals surface area contributed by atoms with Crippen molar-refractivity contribution in [2.75, 3.05) is 0 Å². The summed E-state index contributed by atoms with van der Waals surface area (Å²) in [5.74, 6) is 0. The van der Waals surface area contributed by atoms with E-state index in [1.807, 2.05) is 62.9 Å². The van der Waals surface area contributed by atoms with Crippen molar-refractivity contribution in [1.29, 1.82) is 0 Å². The van der Waals surface area contributed by atoms with E-state index in [1.165, 1.54) is 4.57 Å². The summed E-state index contributed by atoms with van der Waals surface area (Å²) in [4.78, 5) is 29.0. The molecule has 0 spiro atoms. The van der Waals surface area contributed by atoms with Crippen molar-refractivity contribution in [2.45, 2.75) is 0 Å². The van der Waals surface area contributed by atoms with Gasteiger partial charge in [-0.2, -0.15) is 0 Å². The molecule has 0 aliphatic heterocycles. The number of rotatable bonds is 3. The van der Waals surface area contributed by atoms with Crippen LogP contribution in [0.5, 0.6) is 0 Å². The predicted molar refractivity (Wildman–Crippen MR) is 127 cm³/mol. The number of aromatic nitrogens is 4. The summed E-state index contributed by atoms with van der Waals surface area (Å²) in [7, 11) is 5.51. The molecule has 0 amide bonds.